The van der Waals surface area contributed by atoms with E-state index in [9.17, 15) is 14.4 Å². The zero-order valence-corrected chi connectivity index (χ0v) is 17.7. The fourth-order valence-corrected chi connectivity index (χ4v) is 3.48. The molecule has 5 N–H and O–H groups in total. The Morgan fingerprint density at radius 3 is 1.69 bits per heavy atom. The first-order valence-corrected chi connectivity index (χ1v) is 10.1. The fraction of sp³-hybridized carbons (Fsp3) is 0.125. The molecule has 0 aromatic heterocycles. The number of para-hydroxylation sites is 1. The lowest BCUT2D eigenvalue weighted by Gasteiger charge is -2.30. The van der Waals surface area contributed by atoms with Crippen LogP contribution in [0.25, 0.3) is 0 Å². The number of fused-ring (bicyclic) bond motifs is 1. The van der Waals surface area contributed by atoms with E-state index in [4.69, 9.17) is 0 Å². The van der Waals surface area contributed by atoms with Crippen LogP contribution in [-0.4, -0.2) is 18.0 Å². The number of nitrogens with one attached hydrogen (secondary N) is 5. The SMILES string of the molecule is Cc1ccc(NC(=O)NC2(NC(=O)Nc3ccc(C)cc3)C(=O)Nc3ccccc32)cc1. The summed E-state index contributed by atoms with van der Waals surface area (Å²) >= 11 is 0. The molecule has 8 nitrogen and oxygen atoms in total. The lowest BCUT2D eigenvalue weighted by Crippen LogP contribution is -2.63. The Kier molecular flexibility index (Phi) is 5.51. The molecule has 8 heteroatoms. The van der Waals surface area contributed by atoms with Crippen molar-refractivity contribution in [2.75, 3.05) is 16.0 Å². The number of urea groups is 2. The number of benzene rings is 3. The molecule has 162 valence electrons. The zero-order valence-electron chi connectivity index (χ0n) is 17.7. The number of amides is 5. The highest BCUT2D eigenvalue weighted by Gasteiger charge is 2.49. The van der Waals surface area contributed by atoms with Crippen molar-refractivity contribution in [2.24, 2.45) is 0 Å². The van der Waals surface area contributed by atoms with Gasteiger partial charge in [-0.05, 0) is 44.2 Å². The third-order valence-corrected chi connectivity index (χ3v) is 5.14. The number of aryl methyl sites for hydroxylation is 2. The summed E-state index contributed by atoms with van der Waals surface area (Å²) in [6.07, 6.45) is 0. The molecule has 0 fully saturated rings. The summed E-state index contributed by atoms with van der Waals surface area (Å²) in [5.74, 6) is -0.572. The molecule has 0 saturated carbocycles. The van der Waals surface area contributed by atoms with Gasteiger partial charge in [-0.25, -0.2) is 9.59 Å². The largest absolute Gasteiger partial charge is 0.322 e. The topological polar surface area (TPSA) is 111 Å². The van der Waals surface area contributed by atoms with Crippen LogP contribution in [0.5, 0.6) is 0 Å². The summed E-state index contributed by atoms with van der Waals surface area (Å²) in [4.78, 5) is 38.7. The van der Waals surface area contributed by atoms with Crippen molar-refractivity contribution in [1.82, 2.24) is 10.6 Å². The molecule has 0 radical (unpaired) electrons. The van der Waals surface area contributed by atoms with Crippen LogP contribution in [0.2, 0.25) is 0 Å². The Balaban J connectivity index is 1.59. The summed E-state index contributed by atoms with van der Waals surface area (Å²) in [5, 5.41) is 13.4. The predicted octanol–water partition coefficient (Wildman–Crippen LogP) is 4.05. The second-order valence-electron chi connectivity index (χ2n) is 7.64. The molecule has 0 atom stereocenters. The lowest BCUT2D eigenvalue weighted by molar-refractivity contribution is -0.122. The van der Waals surface area contributed by atoms with E-state index >= 15 is 0 Å². The Labute approximate surface area is 185 Å². The smallest absolute Gasteiger partial charge is 0.321 e. The average Bonchev–Trinajstić information content (AvgIpc) is 3.02. The monoisotopic (exact) mass is 429 g/mol. The minimum atomic E-state index is -1.79. The Bertz CT molecular complexity index is 1110. The number of carbonyl (C=O) groups is 3. The van der Waals surface area contributed by atoms with E-state index < -0.39 is 23.6 Å². The first-order chi connectivity index (χ1) is 15.4. The van der Waals surface area contributed by atoms with E-state index in [0.29, 0.717) is 22.6 Å². The van der Waals surface area contributed by atoms with Gasteiger partial charge in [0.05, 0.1) is 0 Å². The molecule has 3 aromatic carbocycles. The van der Waals surface area contributed by atoms with E-state index in [1.165, 1.54) is 0 Å². The maximum absolute atomic E-state index is 13.0. The molecule has 1 aliphatic rings. The second kappa shape index (κ2) is 8.43. The molecular formula is C24H23N5O3. The van der Waals surface area contributed by atoms with Crippen LogP contribution in [0.4, 0.5) is 26.7 Å². The second-order valence-corrected chi connectivity index (χ2v) is 7.64. The Morgan fingerprint density at radius 1 is 0.719 bits per heavy atom. The average molecular weight is 429 g/mol. The van der Waals surface area contributed by atoms with Gasteiger partial charge >= 0.3 is 12.1 Å². The van der Waals surface area contributed by atoms with Gasteiger partial charge in [-0.1, -0.05) is 53.6 Å². The molecular weight excluding hydrogens is 406 g/mol. The van der Waals surface area contributed by atoms with Gasteiger partial charge in [0.1, 0.15) is 0 Å². The lowest BCUT2D eigenvalue weighted by atomic mass is 10.0. The van der Waals surface area contributed by atoms with Gasteiger partial charge in [-0.2, -0.15) is 0 Å². The quantitative estimate of drug-likeness (QED) is 0.403. The van der Waals surface area contributed by atoms with Crippen molar-refractivity contribution in [3.63, 3.8) is 0 Å². The molecule has 0 unspecified atom stereocenters. The van der Waals surface area contributed by atoms with Gasteiger partial charge in [0.2, 0.25) is 5.66 Å². The number of anilines is 3. The van der Waals surface area contributed by atoms with Gasteiger partial charge < -0.3 is 26.6 Å². The Hall–Kier alpha value is -4.33. The molecule has 4 rings (SSSR count). The summed E-state index contributed by atoms with van der Waals surface area (Å²) in [7, 11) is 0. The molecule has 1 heterocycles. The molecule has 0 spiro atoms. The first-order valence-electron chi connectivity index (χ1n) is 10.1. The zero-order chi connectivity index (χ0) is 22.7. The highest BCUT2D eigenvalue weighted by Crippen LogP contribution is 2.34. The molecule has 0 saturated heterocycles. The van der Waals surface area contributed by atoms with Crippen molar-refractivity contribution in [1.29, 1.82) is 0 Å². The number of hydrogen-bond acceptors (Lipinski definition) is 3. The van der Waals surface area contributed by atoms with Gasteiger partial charge in [-0.3, -0.25) is 4.79 Å². The first kappa shape index (κ1) is 20.9. The molecule has 5 amide bonds. The van der Waals surface area contributed by atoms with Crippen LogP contribution < -0.4 is 26.6 Å². The van der Waals surface area contributed by atoms with Gasteiger partial charge in [-0.15, -0.1) is 0 Å². The van der Waals surface area contributed by atoms with E-state index in [2.05, 4.69) is 26.6 Å². The normalized spacial score (nSPS) is 13.5. The maximum Gasteiger partial charge on any atom is 0.321 e. The van der Waals surface area contributed by atoms with E-state index in [1.54, 1.807) is 48.5 Å². The molecule has 0 aliphatic carbocycles. The van der Waals surface area contributed by atoms with Crippen LogP contribution >= 0.6 is 0 Å². The van der Waals surface area contributed by atoms with Gasteiger partial charge in [0.25, 0.3) is 5.91 Å². The summed E-state index contributed by atoms with van der Waals surface area (Å²) in [6, 6.07) is 20.0. The van der Waals surface area contributed by atoms with Crippen LogP contribution in [0.1, 0.15) is 16.7 Å². The van der Waals surface area contributed by atoms with Crippen LogP contribution in [0.15, 0.2) is 72.8 Å². The molecule has 32 heavy (non-hydrogen) atoms. The predicted molar refractivity (Wildman–Crippen MR) is 123 cm³/mol. The van der Waals surface area contributed by atoms with Gasteiger partial charge in [0, 0.05) is 22.6 Å². The van der Waals surface area contributed by atoms with Crippen molar-refractivity contribution in [3.8, 4) is 0 Å². The minimum Gasteiger partial charge on any atom is -0.322 e. The molecule has 1 aliphatic heterocycles. The highest BCUT2D eigenvalue weighted by atomic mass is 16.2. The number of hydrogen-bond donors (Lipinski definition) is 5. The molecule has 0 bridgehead atoms. The third kappa shape index (κ3) is 4.24. The van der Waals surface area contributed by atoms with E-state index in [-0.39, 0.29) is 0 Å². The van der Waals surface area contributed by atoms with Crippen molar-refractivity contribution >= 4 is 35.0 Å². The van der Waals surface area contributed by atoms with Crippen molar-refractivity contribution in [2.45, 2.75) is 19.5 Å². The summed E-state index contributed by atoms with van der Waals surface area (Å²) in [6.45, 7) is 3.88. The molecule has 3 aromatic rings. The van der Waals surface area contributed by atoms with Crippen LogP contribution in [0, 0.1) is 13.8 Å². The fourth-order valence-electron chi connectivity index (χ4n) is 3.48. The van der Waals surface area contributed by atoms with E-state index in [1.807, 2.05) is 38.1 Å². The van der Waals surface area contributed by atoms with Crippen molar-refractivity contribution in [3.05, 3.63) is 89.5 Å². The van der Waals surface area contributed by atoms with Crippen LogP contribution in [0.3, 0.4) is 0 Å². The number of rotatable bonds is 4. The summed E-state index contributed by atoms with van der Waals surface area (Å²) in [5.41, 5.74) is 2.35. The minimum absolute atomic E-state index is 0.433. The Morgan fingerprint density at radius 2 is 1.19 bits per heavy atom. The summed E-state index contributed by atoms with van der Waals surface area (Å²) < 4.78 is 0. The number of carbonyl (C=O) groups excluding carboxylic acids is 3. The highest BCUT2D eigenvalue weighted by molar-refractivity contribution is 6.10. The van der Waals surface area contributed by atoms with E-state index in [0.717, 1.165) is 11.1 Å². The third-order valence-electron chi connectivity index (χ3n) is 5.14. The maximum atomic E-state index is 13.0. The van der Waals surface area contributed by atoms with Crippen LogP contribution in [-0.2, 0) is 10.5 Å². The standard InChI is InChI=1S/C24H23N5O3/c1-15-7-11-17(12-8-15)25-22(31)28-24(19-5-3-4-6-20(19)27-21(24)30)29-23(32)26-18-13-9-16(2)10-14-18/h3-14H,1-2H3,(H,27,30)(H2,25,28,31)(H2,26,29,32). The van der Waals surface area contributed by atoms with Crippen molar-refractivity contribution < 1.29 is 14.4 Å². The van der Waals surface area contributed by atoms with Gasteiger partial charge in [0.15, 0.2) is 0 Å².